The molecule has 3 heterocycles. The van der Waals surface area contributed by atoms with Crippen LogP contribution in [0.25, 0.3) is 0 Å². The van der Waals surface area contributed by atoms with Crippen LogP contribution in [0.2, 0.25) is 0 Å². The van der Waals surface area contributed by atoms with E-state index in [1.807, 2.05) is 0 Å². The van der Waals surface area contributed by atoms with Crippen molar-refractivity contribution < 1.29 is 4.92 Å². The van der Waals surface area contributed by atoms with E-state index < -0.39 is 0 Å². The Kier molecular flexibility index (Phi) is 7.11. The van der Waals surface area contributed by atoms with Gasteiger partial charge >= 0.3 is 5.69 Å². The van der Waals surface area contributed by atoms with Crippen LogP contribution in [0.5, 0.6) is 0 Å². The van der Waals surface area contributed by atoms with Crippen molar-refractivity contribution in [2.75, 3.05) is 36.8 Å². The maximum absolute atomic E-state index is 11.6. The highest BCUT2D eigenvalue weighted by Gasteiger charge is 2.29. The van der Waals surface area contributed by atoms with Crippen molar-refractivity contribution in [3.8, 4) is 0 Å². The molecule has 0 unspecified atom stereocenters. The van der Waals surface area contributed by atoms with E-state index >= 15 is 0 Å². The van der Waals surface area contributed by atoms with Crippen LogP contribution in [0.4, 0.5) is 17.3 Å². The zero-order valence-corrected chi connectivity index (χ0v) is 20.1. The number of nitrogens with one attached hydrogen (secondary N) is 2. The molecule has 0 atom stereocenters. The summed E-state index contributed by atoms with van der Waals surface area (Å²) in [6, 6.07) is 3.86. The number of pyridine rings is 1. The normalized spacial score (nSPS) is 20.6. The van der Waals surface area contributed by atoms with Crippen LogP contribution in [0.15, 0.2) is 12.1 Å². The van der Waals surface area contributed by atoms with Gasteiger partial charge in [0.15, 0.2) is 0 Å². The summed E-state index contributed by atoms with van der Waals surface area (Å²) in [4.78, 5) is 20.8. The molecule has 0 bridgehead atoms. The molecule has 8 heteroatoms. The van der Waals surface area contributed by atoms with Crippen LogP contribution in [0.1, 0.15) is 67.2 Å². The average molecular weight is 433 g/mol. The first kappa shape index (κ1) is 23.7. The second-order valence-electron chi connectivity index (χ2n) is 11.0. The first-order valence-electron chi connectivity index (χ1n) is 11.6. The number of anilines is 2. The Bertz CT molecular complexity index is 754. The van der Waals surface area contributed by atoms with Crippen molar-refractivity contribution in [2.24, 2.45) is 0 Å². The van der Waals surface area contributed by atoms with Gasteiger partial charge in [-0.3, -0.25) is 19.9 Å². The van der Waals surface area contributed by atoms with Gasteiger partial charge in [0, 0.05) is 55.4 Å². The van der Waals surface area contributed by atoms with Crippen LogP contribution in [-0.2, 0) is 0 Å². The van der Waals surface area contributed by atoms with E-state index in [2.05, 4.69) is 67.0 Å². The summed E-state index contributed by atoms with van der Waals surface area (Å²) >= 11 is 0. The van der Waals surface area contributed by atoms with Crippen LogP contribution >= 0.6 is 0 Å². The van der Waals surface area contributed by atoms with Gasteiger partial charge in [-0.15, -0.1) is 0 Å². The molecular formula is C23H40N6O2. The summed E-state index contributed by atoms with van der Waals surface area (Å²) in [5.41, 5.74) is 0.393. The van der Waals surface area contributed by atoms with E-state index in [1.165, 1.54) is 0 Å². The Balaban J connectivity index is 1.63. The molecular weight excluding hydrogens is 392 g/mol. The molecule has 0 spiro atoms. The van der Waals surface area contributed by atoms with Crippen LogP contribution in [-0.4, -0.2) is 69.0 Å². The van der Waals surface area contributed by atoms with Gasteiger partial charge in [0.25, 0.3) is 0 Å². The fourth-order valence-corrected chi connectivity index (χ4v) is 4.58. The first-order chi connectivity index (χ1) is 14.4. The number of nitrogens with zero attached hydrogens (tertiary/aromatic N) is 4. The molecule has 2 aliphatic rings. The second-order valence-corrected chi connectivity index (χ2v) is 11.0. The predicted octanol–water partition coefficient (Wildman–Crippen LogP) is 4.34. The zero-order chi connectivity index (χ0) is 22.8. The molecule has 1 aromatic heterocycles. The SMILES string of the molecule is CC(C)(C)N1CCC(Nc2ccc([N+](=O)[O-])c(NC3CCN(C(C)(C)C)CC3)n2)CC1. The number of hydrogen-bond donors (Lipinski definition) is 2. The van der Waals surface area contributed by atoms with Gasteiger partial charge in [0.1, 0.15) is 5.82 Å². The molecule has 0 saturated carbocycles. The number of nitro groups is 1. The van der Waals surface area contributed by atoms with Gasteiger partial charge < -0.3 is 10.6 Å². The largest absolute Gasteiger partial charge is 0.367 e. The van der Waals surface area contributed by atoms with Crippen molar-refractivity contribution in [3.63, 3.8) is 0 Å². The average Bonchev–Trinajstić information content (AvgIpc) is 2.67. The maximum Gasteiger partial charge on any atom is 0.311 e. The lowest BCUT2D eigenvalue weighted by Crippen LogP contribution is -2.48. The standard InChI is InChI=1S/C23H40N6O2/c1-22(2,3)27-13-9-17(10-14-27)24-20-8-7-19(29(30)31)21(26-20)25-18-11-15-28(16-12-18)23(4,5)6/h7-8,17-18H,9-16H2,1-6H3,(H2,24,25,26). The van der Waals surface area contributed by atoms with Gasteiger partial charge in [0.05, 0.1) is 4.92 Å². The minimum Gasteiger partial charge on any atom is -0.367 e. The summed E-state index contributed by atoms with van der Waals surface area (Å²) in [5.74, 6) is 1.10. The minimum absolute atomic E-state index is 0.0475. The Morgan fingerprint density at radius 3 is 1.74 bits per heavy atom. The van der Waals surface area contributed by atoms with E-state index in [-0.39, 0.29) is 27.7 Å². The van der Waals surface area contributed by atoms with Gasteiger partial charge in [0.2, 0.25) is 5.82 Å². The monoisotopic (exact) mass is 432 g/mol. The van der Waals surface area contributed by atoms with Gasteiger partial charge in [-0.1, -0.05) is 0 Å². The molecule has 8 nitrogen and oxygen atoms in total. The van der Waals surface area contributed by atoms with Crippen molar-refractivity contribution in [3.05, 3.63) is 22.2 Å². The second kappa shape index (κ2) is 9.28. The van der Waals surface area contributed by atoms with Crippen LogP contribution < -0.4 is 10.6 Å². The van der Waals surface area contributed by atoms with E-state index in [0.717, 1.165) is 57.7 Å². The molecule has 0 radical (unpaired) electrons. The third kappa shape index (κ3) is 6.29. The van der Waals surface area contributed by atoms with Crippen molar-refractivity contribution in [2.45, 2.75) is 90.4 Å². The number of piperidine rings is 2. The molecule has 1 aromatic rings. The highest BCUT2D eigenvalue weighted by Crippen LogP contribution is 2.29. The predicted molar refractivity (Wildman–Crippen MR) is 127 cm³/mol. The molecule has 0 aliphatic carbocycles. The lowest BCUT2D eigenvalue weighted by atomic mass is 9.98. The fraction of sp³-hybridized carbons (Fsp3) is 0.783. The minimum atomic E-state index is -0.342. The van der Waals surface area contributed by atoms with E-state index in [9.17, 15) is 10.1 Å². The maximum atomic E-state index is 11.6. The lowest BCUT2D eigenvalue weighted by Gasteiger charge is -2.41. The molecule has 2 fully saturated rings. The van der Waals surface area contributed by atoms with Gasteiger partial charge in [-0.2, -0.15) is 0 Å². The van der Waals surface area contributed by atoms with E-state index in [1.54, 1.807) is 12.1 Å². The number of hydrogen-bond acceptors (Lipinski definition) is 7. The quantitative estimate of drug-likeness (QED) is 0.529. The molecule has 31 heavy (non-hydrogen) atoms. The Labute approximate surface area is 186 Å². The summed E-state index contributed by atoms with van der Waals surface area (Å²) in [6.45, 7) is 17.5. The van der Waals surface area contributed by atoms with Crippen molar-refractivity contribution >= 4 is 17.3 Å². The molecule has 2 saturated heterocycles. The Morgan fingerprint density at radius 1 is 0.871 bits per heavy atom. The van der Waals surface area contributed by atoms with E-state index in [4.69, 9.17) is 0 Å². The van der Waals surface area contributed by atoms with Crippen LogP contribution in [0.3, 0.4) is 0 Å². The molecule has 174 valence electrons. The highest BCUT2D eigenvalue weighted by molar-refractivity contribution is 5.60. The van der Waals surface area contributed by atoms with Gasteiger partial charge in [-0.05, 0) is 73.3 Å². The smallest absolute Gasteiger partial charge is 0.311 e. The molecule has 2 aliphatic heterocycles. The zero-order valence-electron chi connectivity index (χ0n) is 20.1. The first-order valence-corrected chi connectivity index (χ1v) is 11.6. The Hall–Kier alpha value is -1.93. The molecule has 3 rings (SSSR count). The van der Waals surface area contributed by atoms with Crippen LogP contribution in [0, 0.1) is 10.1 Å². The summed E-state index contributed by atoms with van der Waals surface area (Å²) in [6.07, 6.45) is 4.01. The van der Waals surface area contributed by atoms with Gasteiger partial charge in [-0.25, -0.2) is 4.98 Å². The summed E-state index contributed by atoms with van der Waals surface area (Å²) < 4.78 is 0. The molecule has 0 amide bonds. The molecule has 2 N–H and O–H groups in total. The van der Waals surface area contributed by atoms with Crippen molar-refractivity contribution in [1.29, 1.82) is 0 Å². The number of aromatic nitrogens is 1. The topological polar surface area (TPSA) is 86.6 Å². The highest BCUT2D eigenvalue weighted by atomic mass is 16.6. The third-order valence-corrected chi connectivity index (χ3v) is 6.65. The third-order valence-electron chi connectivity index (χ3n) is 6.65. The molecule has 0 aromatic carbocycles. The summed E-state index contributed by atoms with van der Waals surface area (Å²) in [7, 11) is 0. The number of likely N-dealkylation sites (tertiary alicyclic amines) is 2. The Morgan fingerprint density at radius 2 is 1.32 bits per heavy atom. The number of rotatable bonds is 5. The van der Waals surface area contributed by atoms with Crippen molar-refractivity contribution in [1.82, 2.24) is 14.8 Å². The fourth-order valence-electron chi connectivity index (χ4n) is 4.58. The van der Waals surface area contributed by atoms with E-state index in [0.29, 0.717) is 11.9 Å². The lowest BCUT2D eigenvalue weighted by molar-refractivity contribution is -0.384. The summed E-state index contributed by atoms with van der Waals surface area (Å²) in [5, 5.41) is 18.5.